The Morgan fingerprint density at radius 3 is 2.46 bits per heavy atom. The van der Waals surface area contributed by atoms with Gasteiger partial charge in [-0.25, -0.2) is 14.2 Å². The molecule has 2 atom stereocenters. The summed E-state index contributed by atoms with van der Waals surface area (Å²) in [6, 6.07) is 12.3. The van der Waals surface area contributed by atoms with Gasteiger partial charge in [0.25, 0.3) is 0 Å². The summed E-state index contributed by atoms with van der Waals surface area (Å²) >= 11 is 0. The lowest BCUT2D eigenvalue weighted by Crippen LogP contribution is -2.48. The lowest BCUT2D eigenvalue weighted by molar-refractivity contribution is 0.197. The van der Waals surface area contributed by atoms with Crippen LogP contribution >= 0.6 is 0 Å². The maximum atomic E-state index is 12.5. The highest BCUT2D eigenvalue weighted by Gasteiger charge is 2.50. The SMILES string of the molecule is Cc1cc(Nc2ncc3c(n2)N(c2cccc(N=S(C)(C)=O)n2)[C@H](C)[C@]3(C)CO[Si](C)(C)C(C)(C)C)ccc1C1CCN(C)CC1. The van der Waals surface area contributed by atoms with Gasteiger partial charge < -0.3 is 19.5 Å². The molecule has 1 fully saturated rings. The molecule has 1 aromatic carbocycles. The van der Waals surface area contributed by atoms with Crippen LogP contribution in [0.3, 0.4) is 0 Å². The van der Waals surface area contributed by atoms with Crippen LogP contribution in [0.4, 0.5) is 29.1 Å². The number of hydrogen-bond donors (Lipinski definition) is 1. The Kier molecular flexibility index (Phi) is 9.46. The van der Waals surface area contributed by atoms with Crippen LogP contribution in [0.1, 0.15) is 70.1 Å². The lowest BCUT2D eigenvalue weighted by atomic mass is 9.81. The number of rotatable bonds is 8. The van der Waals surface area contributed by atoms with Crippen molar-refractivity contribution < 1.29 is 8.63 Å². The number of piperidine rings is 1. The fraction of sp³-hybridized carbons (Fsp3) is 0.571. The van der Waals surface area contributed by atoms with Gasteiger partial charge in [-0.2, -0.15) is 9.35 Å². The van der Waals surface area contributed by atoms with E-state index in [4.69, 9.17) is 19.4 Å². The molecule has 0 aliphatic carbocycles. The molecule has 0 radical (unpaired) electrons. The Labute approximate surface area is 277 Å². The minimum absolute atomic E-state index is 0.0387. The molecule has 4 heterocycles. The van der Waals surface area contributed by atoms with Crippen LogP contribution in [0.5, 0.6) is 0 Å². The van der Waals surface area contributed by atoms with E-state index in [0.717, 1.165) is 30.2 Å². The van der Waals surface area contributed by atoms with Gasteiger partial charge in [0.05, 0.1) is 0 Å². The minimum Gasteiger partial charge on any atom is -0.416 e. The molecular weight excluding hydrogens is 611 g/mol. The number of nitrogens with zero attached hydrogens (tertiary/aromatic N) is 6. The van der Waals surface area contributed by atoms with Crippen molar-refractivity contribution in [1.82, 2.24) is 19.9 Å². The zero-order valence-electron chi connectivity index (χ0n) is 29.6. The summed E-state index contributed by atoms with van der Waals surface area (Å²) in [6.07, 6.45) is 7.59. The van der Waals surface area contributed by atoms with E-state index in [9.17, 15) is 4.21 Å². The molecule has 1 N–H and O–H groups in total. The van der Waals surface area contributed by atoms with Crippen LogP contribution in [0.25, 0.3) is 0 Å². The summed E-state index contributed by atoms with van der Waals surface area (Å²) in [4.78, 5) is 19.4. The largest absolute Gasteiger partial charge is 0.416 e. The number of benzene rings is 1. The molecule has 2 aromatic heterocycles. The Balaban J connectivity index is 1.51. The molecule has 46 heavy (non-hydrogen) atoms. The molecule has 1 saturated heterocycles. The highest BCUT2D eigenvalue weighted by atomic mass is 32.2. The maximum Gasteiger partial charge on any atom is 0.229 e. The average Bonchev–Trinajstić information content (AvgIpc) is 3.17. The molecule has 2 aliphatic rings. The predicted octanol–water partition coefficient (Wildman–Crippen LogP) is 7.91. The summed E-state index contributed by atoms with van der Waals surface area (Å²) in [5.41, 5.74) is 4.32. The lowest BCUT2D eigenvalue weighted by Gasteiger charge is -2.40. The first-order chi connectivity index (χ1) is 21.4. The van der Waals surface area contributed by atoms with Gasteiger partial charge >= 0.3 is 0 Å². The van der Waals surface area contributed by atoms with Gasteiger partial charge in [-0.05, 0) is 106 Å². The topological polar surface area (TPSA) is 95.8 Å². The minimum atomic E-state index is -2.37. The normalized spacial score (nSPS) is 21.4. The molecule has 3 aromatic rings. The summed E-state index contributed by atoms with van der Waals surface area (Å²) in [7, 11) is -2.20. The van der Waals surface area contributed by atoms with E-state index in [1.54, 1.807) is 18.6 Å². The summed E-state index contributed by atoms with van der Waals surface area (Å²) in [5.74, 6) is 3.08. The van der Waals surface area contributed by atoms with Gasteiger partial charge in [0.2, 0.25) is 5.95 Å². The standard InChI is InChI=1S/C35H53N7O2SSi/c1-24-21-27(15-16-28(24)26-17-19-41(7)20-18-26)37-33-36-22-29-32(39-33)42(31-14-12-13-30(38-31)40-45(8,9)43)25(2)35(29,6)23-44-46(10,11)34(3,4)5/h12-16,21-22,25-26H,17-20,23H2,1-11H3,(H,36,37,39)/t25-,35+/m1/s1. The second-order valence-corrected chi connectivity index (χ2v) is 22.7. The van der Waals surface area contributed by atoms with E-state index < -0.39 is 23.5 Å². The maximum absolute atomic E-state index is 12.5. The first-order valence-electron chi connectivity index (χ1n) is 16.4. The fourth-order valence-corrected chi connectivity index (χ4v) is 7.89. The third-order valence-electron chi connectivity index (χ3n) is 10.4. The molecule has 250 valence electrons. The third-order valence-corrected chi connectivity index (χ3v) is 15.5. The van der Waals surface area contributed by atoms with Gasteiger partial charge in [0, 0.05) is 57.8 Å². The van der Waals surface area contributed by atoms with Crippen LogP contribution in [-0.2, 0) is 19.6 Å². The number of likely N-dealkylation sites (tertiary alicyclic amines) is 1. The molecule has 11 heteroatoms. The second kappa shape index (κ2) is 12.6. The Bertz CT molecular complexity index is 1700. The van der Waals surface area contributed by atoms with Crippen molar-refractivity contribution >= 4 is 47.1 Å². The van der Waals surface area contributed by atoms with E-state index in [1.165, 1.54) is 24.0 Å². The molecule has 0 saturated carbocycles. The number of hydrogen-bond acceptors (Lipinski definition) is 9. The van der Waals surface area contributed by atoms with Crippen molar-refractivity contribution in [3.8, 4) is 0 Å². The summed E-state index contributed by atoms with van der Waals surface area (Å²) in [6.45, 7) is 20.8. The molecule has 2 aliphatic heterocycles. The summed E-state index contributed by atoms with van der Waals surface area (Å²) < 4.78 is 23.8. The molecule has 0 spiro atoms. The number of aromatic nitrogens is 3. The van der Waals surface area contributed by atoms with Crippen molar-refractivity contribution in [2.75, 3.05) is 49.5 Å². The molecule has 0 unspecified atom stereocenters. The third kappa shape index (κ3) is 7.17. The summed E-state index contributed by atoms with van der Waals surface area (Å²) in [5, 5.41) is 3.57. The van der Waals surface area contributed by atoms with Crippen molar-refractivity contribution in [3.63, 3.8) is 0 Å². The van der Waals surface area contributed by atoms with Crippen LogP contribution in [0, 0.1) is 6.92 Å². The molecule has 0 amide bonds. The zero-order valence-corrected chi connectivity index (χ0v) is 31.5. The number of aryl methyl sites for hydroxylation is 1. The van der Waals surface area contributed by atoms with Crippen LogP contribution < -0.4 is 10.2 Å². The van der Waals surface area contributed by atoms with Gasteiger partial charge in [0.15, 0.2) is 14.1 Å². The smallest absolute Gasteiger partial charge is 0.229 e. The number of nitrogens with one attached hydrogen (secondary N) is 1. The second-order valence-electron chi connectivity index (χ2n) is 15.3. The van der Waals surface area contributed by atoms with E-state index in [0.29, 0.717) is 30.1 Å². The van der Waals surface area contributed by atoms with E-state index in [-0.39, 0.29) is 11.1 Å². The number of anilines is 4. The Morgan fingerprint density at radius 1 is 1.13 bits per heavy atom. The predicted molar refractivity (Wildman–Crippen MR) is 194 cm³/mol. The zero-order chi connectivity index (χ0) is 33.7. The van der Waals surface area contributed by atoms with E-state index in [1.807, 2.05) is 18.3 Å². The number of fused-ring (bicyclic) bond motifs is 1. The average molecular weight is 664 g/mol. The molecular formula is C35H53N7O2SSi. The molecule has 0 bridgehead atoms. The molecule has 9 nitrogen and oxygen atoms in total. The van der Waals surface area contributed by atoms with Crippen LogP contribution in [0.2, 0.25) is 18.1 Å². The number of pyridine rings is 1. The highest BCUT2D eigenvalue weighted by molar-refractivity contribution is 7.92. The van der Waals surface area contributed by atoms with Gasteiger partial charge in [0.1, 0.15) is 11.6 Å². The quantitative estimate of drug-likeness (QED) is 0.243. The van der Waals surface area contributed by atoms with E-state index in [2.05, 4.69) is 99.4 Å². The van der Waals surface area contributed by atoms with Crippen molar-refractivity contribution in [3.05, 3.63) is 59.3 Å². The van der Waals surface area contributed by atoms with Gasteiger partial charge in [-0.15, -0.1) is 0 Å². The first-order valence-corrected chi connectivity index (χ1v) is 21.6. The highest BCUT2D eigenvalue weighted by Crippen LogP contribution is 2.49. The van der Waals surface area contributed by atoms with Crippen LogP contribution in [-0.4, -0.2) is 77.7 Å². The van der Waals surface area contributed by atoms with Crippen molar-refractivity contribution in [1.29, 1.82) is 0 Å². The first kappa shape index (κ1) is 34.5. The molecule has 5 rings (SSSR count). The van der Waals surface area contributed by atoms with Gasteiger partial charge in [-0.1, -0.05) is 39.8 Å². The van der Waals surface area contributed by atoms with Gasteiger partial charge in [-0.3, -0.25) is 0 Å². The monoisotopic (exact) mass is 663 g/mol. The van der Waals surface area contributed by atoms with Crippen molar-refractivity contribution in [2.45, 2.75) is 89.9 Å². The Hall–Kier alpha value is -2.86. The Morgan fingerprint density at radius 2 is 1.83 bits per heavy atom. The van der Waals surface area contributed by atoms with Crippen molar-refractivity contribution in [2.24, 2.45) is 4.36 Å². The van der Waals surface area contributed by atoms with E-state index >= 15 is 0 Å². The fourth-order valence-electron chi connectivity index (χ4n) is 6.25. The van der Waals surface area contributed by atoms with Crippen LogP contribution in [0.15, 0.2) is 47.0 Å².